The van der Waals surface area contributed by atoms with Crippen LogP contribution in [0.5, 0.6) is 0 Å². The molecule has 1 aromatic heterocycles. The summed E-state index contributed by atoms with van der Waals surface area (Å²) >= 11 is 0. The number of fused-ring (bicyclic) bond motifs is 1. The van der Waals surface area contributed by atoms with Gasteiger partial charge in [0.1, 0.15) is 0 Å². The van der Waals surface area contributed by atoms with Gasteiger partial charge in [0.25, 0.3) is 0 Å². The zero-order valence-corrected chi connectivity index (χ0v) is 18.8. The van der Waals surface area contributed by atoms with Crippen molar-refractivity contribution in [2.45, 2.75) is 38.3 Å². The van der Waals surface area contributed by atoms with E-state index >= 15 is 0 Å². The number of H-pyrrole nitrogens is 1. The van der Waals surface area contributed by atoms with Gasteiger partial charge >= 0.3 is 0 Å². The second-order valence-electron chi connectivity index (χ2n) is 8.54. The van der Waals surface area contributed by atoms with E-state index in [0.29, 0.717) is 26.2 Å². The quantitative estimate of drug-likeness (QED) is 0.748. The molecule has 1 saturated heterocycles. The molecule has 1 aromatic carbocycles. The summed E-state index contributed by atoms with van der Waals surface area (Å²) in [7, 11) is -3.37. The van der Waals surface area contributed by atoms with Crippen LogP contribution in [0.15, 0.2) is 36.5 Å². The van der Waals surface area contributed by atoms with Crippen molar-refractivity contribution in [2.24, 2.45) is 5.92 Å². The molecular weight excluding hydrogens is 414 g/mol. The SMILES string of the molecule is CS(=O)(=O)N1CCCN(Cc2cn[nH]c2-c2ccccc2)CCNC(=O)[C@@H]2CCC[C@@H]21. The van der Waals surface area contributed by atoms with Crippen LogP contribution >= 0.6 is 0 Å². The van der Waals surface area contributed by atoms with Gasteiger partial charge in [-0.05, 0) is 31.4 Å². The molecule has 0 radical (unpaired) electrons. The number of nitrogens with zero attached hydrogens (tertiary/aromatic N) is 3. The lowest BCUT2D eigenvalue weighted by molar-refractivity contribution is -0.125. The predicted molar refractivity (Wildman–Crippen MR) is 120 cm³/mol. The maximum Gasteiger partial charge on any atom is 0.224 e. The molecule has 9 heteroatoms. The molecule has 0 unspecified atom stereocenters. The number of nitrogens with one attached hydrogen (secondary N) is 2. The number of aromatic nitrogens is 2. The van der Waals surface area contributed by atoms with Crippen LogP contribution in [0.1, 0.15) is 31.2 Å². The molecule has 0 bridgehead atoms. The van der Waals surface area contributed by atoms with Gasteiger partial charge in [-0.1, -0.05) is 36.8 Å². The highest BCUT2D eigenvalue weighted by molar-refractivity contribution is 7.88. The molecule has 2 atom stereocenters. The summed E-state index contributed by atoms with van der Waals surface area (Å²) in [5.41, 5.74) is 3.16. The Balaban J connectivity index is 1.51. The van der Waals surface area contributed by atoms with E-state index in [1.54, 1.807) is 4.31 Å². The van der Waals surface area contributed by atoms with Crippen molar-refractivity contribution in [1.29, 1.82) is 0 Å². The fourth-order valence-electron chi connectivity index (χ4n) is 4.88. The summed E-state index contributed by atoms with van der Waals surface area (Å²) in [6, 6.07) is 9.86. The lowest BCUT2D eigenvalue weighted by Crippen LogP contribution is -2.47. The largest absolute Gasteiger partial charge is 0.355 e. The van der Waals surface area contributed by atoms with Crippen LogP contribution in [0, 0.1) is 5.92 Å². The van der Waals surface area contributed by atoms with Crippen LogP contribution in [0.2, 0.25) is 0 Å². The molecule has 1 amide bonds. The number of hydrogen-bond acceptors (Lipinski definition) is 5. The molecule has 1 aliphatic carbocycles. The molecule has 2 aliphatic rings. The van der Waals surface area contributed by atoms with Gasteiger partial charge in [0.05, 0.1) is 24.1 Å². The fourth-order valence-corrected chi connectivity index (χ4v) is 6.09. The van der Waals surface area contributed by atoms with E-state index in [1.165, 1.54) is 6.26 Å². The topological polar surface area (TPSA) is 98.4 Å². The Morgan fingerprint density at radius 3 is 2.68 bits per heavy atom. The zero-order valence-electron chi connectivity index (χ0n) is 18.0. The van der Waals surface area contributed by atoms with Crippen LogP contribution in [-0.2, 0) is 21.4 Å². The summed E-state index contributed by atoms with van der Waals surface area (Å²) in [5, 5.41) is 10.4. The van der Waals surface area contributed by atoms with Crippen LogP contribution in [0.25, 0.3) is 11.3 Å². The first kappa shape index (κ1) is 22.0. The van der Waals surface area contributed by atoms with Gasteiger partial charge in [-0.2, -0.15) is 9.40 Å². The Morgan fingerprint density at radius 2 is 1.90 bits per heavy atom. The van der Waals surface area contributed by atoms with Crippen molar-refractivity contribution in [3.05, 3.63) is 42.1 Å². The van der Waals surface area contributed by atoms with Crippen molar-refractivity contribution in [3.63, 3.8) is 0 Å². The van der Waals surface area contributed by atoms with E-state index in [9.17, 15) is 13.2 Å². The molecular formula is C22H31N5O3S. The number of carbonyl (C=O) groups is 1. The third-order valence-electron chi connectivity index (χ3n) is 6.37. The first-order valence-corrected chi connectivity index (χ1v) is 12.8. The summed E-state index contributed by atoms with van der Waals surface area (Å²) in [5.74, 6) is -0.272. The Bertz CT molecular complexity index is 992. The average molecular weight is 446 g/mol. The Labute approximate surface area is 184 Å². The van der Waals surface area contributed by atoms with E-state index in [4.69, 9.17) is 0 Å². The minimum Gasteiger partial charge on any atom is -0.355 e. The number of rotatable bonds is 4. The van der Waals surface area contributed by atoms with Crippen LogP contribution in [0.4, 0.5) is 0 Å². The monoisotopic (exact) mass is 445 g/mol. The normalized spacial score (nSPS) is 24.4. The molecule has 168 valence electrons. The van der Waals surface area contributed by atoms with Gasteiger partial charge in [0.15, 0.2) is 0 Å². The number of aromatic amines is 1. The number of carbonyl (C=O) groups excluding carboxylic acids is 1. The molecule has 31 heavy (non-hydrogen) atoms. The van der Waals surface area contributed by atoms with Crippen molar-refractivity contribution in [3.8, 4) is 11.3 Å². The van der Waals surface area contributed by atoms with Gasteiger partial charge < -0.3 is 5.32 Å². The molecule has 2 N–H and O–H groups in total. The molecule has 2 heterocycles. The van der Waals surface area contributed by atoms with E-state index in [-0.39, 0.29) is 17.9 Å². The second kappa shape index (κ2) is 9.50. The highest BCUT2D eigenvalue weighted by Crippen LogP contribution is 2.32. The highest BCUT2D eigenvalue weighted by atomic mass is 32.2. The van der Waals surface area contributed by atoms with Gasteiger partial charge in [0, 0.05) is 37.8 Å². The van der Waals surface area contributed by atoms with Gasteiger partial charge in [-0.3, -0.25) is 14.8 Å². The van der Waals surface area contributed by atoms with Crippen LogP contribution < -0.4 is 5.32 Å². The minimum atomic E-state index is -3.37. The molecule has 2 aromatic rings. The number of hydrogen-bond donors (Lipinski definition) is 2. The smallest absolute Gasteiger partial charge is 0.224 e. The summed E-state index contributed by atoms with van der Waals surface area (Å²) in [4.78, 5) is 15.1. The van der Waals surface area contributed by atoms with Crippen molar-refractivity contribution < 1.29 is 13.2 Å². The molecule has 1 aliphatic heterocycles. The Hall–Kier alpha value is -2.23. The van der Waals surface area contributed by atoms with Crippen molar-refractivity contribution in [2.75, 3.05) is 32.4 Å². The Morgan fingerprint density at radius 1 is 1.10 bits per heavy atom. The third-order valence-corrected chi connectivity index (χ3v) is 7.67. The zero-order chi connectivity index (χ0) is 21.8. The molecule has 4 rings (SSSR count). The summed E-state index contributed by atoms with van der Waals surface area (Å²) in [6.45, 7) is 3.14. The number of sulfonamides is 1. The molecule has 1 saturated carbocycles. The van der Waals surface area contributed by atoms with Crippen molar-refractivity contribution in [1.82, 2.24) is 24.7 Å². The van der Waals surface area contributed by atoms with Gasteiger partial charge in [-0.15, -0.1) is 0 Å². The van der Waals surface area contributed by atoms with E-state index in [0.717, 1.165) is 49.0 Å². The number of benzene rings is 1. The first-order chi connectivity index (χ1) is 14.9. The maximum absolute atomic E-state index is 12.8. The van der Waals surface area contributed by atoms with Crippen molar-refractivity contribution >= 4 is 15.9 Å². The van der Waals surface area contributed by atoms with Gasteiger partial charge in [0.2, 0.25) is 15.9 Å². The van der Waals surface area contributed by atoms with Crippen LogP contribution in [0.3, 0.4) is 0 Å². The van der Waals surface area contributed by atoms with E-state index < -0.39 is 10.0 Å². The van der Waals surface area contributed by atoms with Gasteiger partial charge in [-0.25, -0.2) is 8.42 Å². The lowest BCUT2D eigenvalue weighted by Gasteiger charge is -2.30. The molecule has 8 nitrogen and oxygen atoms in total. The summed E-state index contributed by atoms with van der Waals surface area (Å²) in [6.07, 6.45) is 6.23. The van der Waals surface area contributed by atoms with Crippen LogP contribution in [-0.4, -0.2) is 72.2 Å². The summed E-state index contributed by atoms with van der Waals surface area (Å²) < 4.78 is 26.6. The molecule has 0 spiro atoms. The molecule has 2 fully saturated rings. The fraction of sp³-hybridized carbons (Fsp3) is 0.545. The van der Waals surface area contributed by atoms with E-state index in [2.05, 4.69) is 20.4 Å². The third kappa shape index (κ3) is 5.16. The Kier molecular flexibility index (Phi) is 6.74. The standard InChI is InChI=1S/C22H31N5O3S/c1-31(29,30)27-13-6-12-26(14-11-23-22(28)19-9-5-10-20(19)27)16-18-15-24-25-21(18)17-7-3-2-4-8-17/h2-4,7-8,15,19-20H,5-6,9-14,16H2,1H3,(H,23,28)(H,24,25)/t19-,20+/m1/s1. The highest BCUT2D eigenvalue weighted by Gasteiger charge is 2.40. The van der Waals surface area contributed by atoms with E-state index in [1.807, 2.05) is 36.5 Å². The maximum atomic E-state index is 12.8. The lowest BCUT2D eigenvalue weighted by atomic mass is 10.0. The second-order valence-corrected chi connectivity index (χ2v) is 10.5. The average Bonchev–Trinajstić information content (AvgIpc) is 3.39. The minimum absolute atomic E-state index is 0.0220. The predicted octanol–water partition coefficient (Wildman–Crippen LogP) is 1.83. The number of amides is 1. The first-order valence-electron chi connectivity index (χ1n) is 11.0.